The zero-order valence-electron chi connectivity index (χ0n) is 10.4. The first kappa shape index (κ1) is 11.2. The van der Waals surface area contributed by atoms with Crippen LogP contribution in [0.1, 0.15) is 24.5 Å². The van der Waals surface area contributed by atoms with Gasteiger partial charge in [-0.1, -0.05) is 12.1 Å². The zero-order chi connectivity index (χ0) is 12.2. The van der Waals surface area contributed by atoms with E-state index in [0.717, 1.165) is 31.7 Å². The van der Waals surface area contributed by atoms with Crippen molar-refractivity contribution in [3.05, 3.63) is 54.5 Å². The molecule has 0 saturated carbocycles. The van der Waals surface area contributed by atoms with Gasteiger partial charge < -0.3 is 4.90 Å². The number of piperidine rings is 1. The summed E-state index contributed by atoms with van der Waals surface area (Å²) in [5.41, 5.74) is 1.23. The second kappa shape index (κ2) is 5.17. The van der Waals surface area contributed by atoms with Crippen LogP contribution in [-0.2, 0) is 0 Å². The Labute approximate surface area is 108 Å². The molecule has 1 saturated heterocycles. The van der Waals surface area contributed by atoms with Crippen LogP contribution in [0.5, 0.6) is 0 Å². The lowest BCUT2D eigenvalue weighted by molar-refractivity contribution is 0.494. The van der Waals surface area contributed by atoms with Crippen molar-refractivity contribution in [3.8, 4) is 0 Å². The maximum atomic E-state index is 4.47. The average Bonchev–Trinajstić information content (AvgIpc) is 2.49. The number of pyridine rings is 2. The molecule has 3 rings (SSSR count). The van der Waals surface area contributed by atoms with E-state index in [1.54, 1.807) is 0 Å². The van der Waals surface area contributed by atoms with Crippen LogP contribution in [-0.4, -0.2) is 23.1 Å². The lowest BCUT2D eigenvalue weighted by Gasteiger charge is -2.32. The summed E-state index contributed by atoms with van der Waals surface area (Å²) in [4.78, 5) is 11.2. The molecule has 0 N–H and O–H groups in total. The summed E-state index contributed by atoms with van der Waals surface area (Å²) in [6.45, 7) is 2.14. The van der Waals surface area contributed by atoms with E-state index in [9.17, 15) is 0 Å². The number of hydrogen-bond acceptors (Lipinski definition) is 3. The SMILES string of the molecule is c1ccc(C2CCN(c3ccccn3)CC2)nc1. The molecule has 3 heteroatoms. The van der Waals surface area contributed by atoms with Gasteiger partial charge >= 0.3 is 0 Å². The summed E-state index contributed by atoms with van der Waals surface area (Å²) < 4.78 is 0. The Bertz CT molecular complexity index is 428. The number of anilines is 1. The summed E-state index contributed by atoms with van der Waals surface area (Å²) >= 11 is 0. The Morgan fingerprint density at radius 3 is 2.22 bits per heavy atom. The van der Waals surface area contributed by atoms with E-state index in [4.69, 9.17) is 0 Å². The summed E-state index contributed by atoms with van der Waals surface area (Å²) in [5.74, 6) is 1.70. The van der Waals surface area contributed by atoms with Gasteiger partial charge in [0, 0.05) is 37.1 Å². The van der Waals surface area contributed by atoms with E-state index >= 15 is 0 Å². The number of rotatable bonds is 2. The molecule has 18 heavy (non-hydrogen) atoms. The molecule has 92 valence electrons. The average molecular weight is 239 g/mol. The van der Waals surface area contributed by atoms with Gasteiger partial charge in [0.2, 0.25) is 0 Å². The van der Waals surface area contributed by atoms with Crippen molar-refractivity contribution in [3.63, 3.8) is 0 Å². The highest BCUT2D eigenvalue weighted by Gasteiger charge is 2.21. The molecular formula is C15H17N3. The van der Waals surface area contributed by atoms with Crippen LogP contribution in [0.15, 0.2) is 48.8 Å². The highest BCUT2D eigenvalue weighted by atomic mass is 15.2. The summed E-state index contributed by atoms with van der Waals surface area (Å²) in [6.07, 6.45) is 6.07. The molecule has 0 spiro atoms. The fourth-order valence-corrected chi connectivity index (χ4v) is 2.56. The minimum absolute atomic E-state index is 0.603. The van der Waals surface area contributed by atoms with Crippen LogP contribution in [0, 0.1) is 0 Å². The van der Waals surface area contributed by atoms with Crippen LogP contribution < -0.4 is 4.90 Å². The predicted octanol–water partition coefficient (Wildman–Crippen LogP) is 2.86. The van der Waals surface area contributed by atoms with Gasteiger partial charge in [-0.2, -0.15) is 0 Å². The molecule has 0 aliphatic carbocycles. The van der Waals surface area contributed by atoms with E-state index in [1.165, 1.54) is 5.69 Å². The van der Waals surface area contributed by atoms with E-state index in [1.807, 2.05) is 30.6 Å². The third-order valence-corrected chi connectivity index (χ3v) is 3.57. The maximum absolute atomic E-state index is 4.47. The van der Waals surface area contributed by atoms with Crippen molar-refractivity contribution < 1.29 is 0 Å². The van der Waals surface area contributed by atoms with Gasteiger partial charge in [0.1, 0.15) is 5.82 Å². The van der Waals surface area contributed by atoms with Crippen LogP contribution in [0.25, 0.3) is 0 Å². The molecule has 1 fully saturated rings. The molecule has 1 aliphatic heterocycles. The maximum Gasteiger partial charge on any atom is 0.128 e. The number of hydrogen-bond donors (Lipinski definition) is 0. The van der Waals surface area contributed by atoms with Crippen molar-refractivity contribution in [2.45, 2.75) is 18.8 Å². The normalized spacial score (nSPS) is 16.8. The molecule has 1 aliphatic rings. The van der Waals surface area contributed by atoms with Gasteiger partial charge in [-0.3, -0.25) is 4.98 Å². The Kier molecular flexibility index (Phi) is 3.22. The van der Waals surface area contributed by atoms with E-state index < -0.39 is 0 Å². The predicted molar refractivity (Wildman–Crippen MR) is 72.7 cm³/mol. The fraction of sp³-hybridized carbons (Fsp3) is 0.333. The fourth-order valence-electron chi connectivity index (χ4n) is 2.56. The molecule has 0 atom stereocenters. The second-order valence-corrected chi connectivity index (χ2v) is 4.70. The van der Waals surface area contributed by atoms with Crippen molar-refractivity contribution in [2.24, 2.45) is 0 Å². The first-order valence-electron chi connectivity index (χ1n) is 6.50. The Morgan fingerprint density at radius 1 is 0.889 bits per heavy atom. The van der Waals surface area contributed by atoms with E-state index in [2.05, 4.69) is 33.1 Å². The van der Waals surface area contributed by atoms with Crippen molar-refractivity contribution in [2.75, 3.05) is 18.0 Å². The molecule has 0 radical (unpaired) electrons. The highest BCUT2D eigenvalue weighted by Crippen LogP contribution is 2.28. The van der Waals surface area contributed by atoms with Crippen LogP contribution in [0.4, 0.5) is 5.82 Å². The smallest absolute Gasteiger partial charge is 0.128 e. The molecule has 3 nitrogen and oxygen atoms in total. The summed E-state index contributed by atoms with van der Waals surface area (Å²) in [7, 11) is 0. The standard InChI is InChI=1S/C15H17N3/c1-3-9-16-14(5-1)13-7-11-18(12-8-13)15-6-2-4-10-17-15/h1-6,9-10,13H,7-8,11-12H2. The molecule has 0 amide bonds. The van der Waals surface area contributed by atoms with E-state index in [-0.39, 0.29) is 0 Å². The number of aromatic nitrogens is 2. The lowest BCUT2D eigenvalue weighted by atomic mass is 9.93. The Hall–Kier alpha value is -1.90. The largest absolute Gasteiger partial charge is 0.357 e. The summed E-state index contributed by atoms with van der Waals surface area (Å²) in [6, 6.07) is 12.3. The highest BCUT2D eigenvalue weighted by molar-refractivity contribution is 5.38. The molecular weight excluding hydrogens is 222 g/mol. The molecule has 2 aromatic rings. The van der Waals surface area contributed by atoms with Crippen LogP contribution in [0.3, 0.4) is 0 Å². The minimum Gasteiger partial charge on any atom is -0.357 e. The van der Waals surface area contributed by atoms with Gasteiger partial charge in [-0.25, -0.2) is 4.98 Å². The van der Waals surface area contributed by atoms with Crippen molar-refractivity contribution >= 4 is 5.82 Å². The third kappa shape index (κ3) is 2.35. The van der Waals surface area contributed by atoms with Crippen molar-refractivity contribution in [1.29, 1.82) is 0 Å². The molecule has 0 bridgehead atoms. The van der Waals surface area contributed by atoms with Gasteiger partial charge in [-0.15, -0.1) is 0 Å². The quantitative estimate of drug-likeness (QED) is 0.807. The first-order valence-corrected chi connectivity index (χ1v) is 6.50. The molecule has 0 unspecified atom stereocenters. The van der Waals surface area contributed by atoms with Crippen molar-refractivity contribution in [1.82, 2.24) is 9.97 Å². The van der Waals surface area contributed by atoms with Crippen LogP contribution >= 0.6 is 0 Å². The monoisotopic (exact) mass is 239 g/mol. The third-order valence-electron chi connectivity index (χ3n) is 3.57. The Morgan fingerprint density at radius 2 is 1.61 bits per heavy atom. The zero-order valence-corrected chi connectivity index (χ0v) is 10.4. The van der Waals surface area contributed by atoms with Gasteiger partial charge in [-0.05, 0) is 37.1 Å². The second-order valence-electron chi connectivity index (χ2n) is 4.70. The molecule has 2 aromatic heterocycles. The first-order chi connectivity index (χ1) is 8.93. The van der Waals surface area contributed by atoms with Crippen LogP contribution in [0.2, 0.25) is 0 Å². The van der Waals surface area contributed by atoms with Gasteiger partial charge in [0.15, 0.2) is 0 Å². The Balaban J connectivity index is 1.65. The number of nitrogens with zero attached hydrogens (tertiary/aromatic N) is 3. The van der Waals surface area contributed by atoms with Gasteiger partial charge in [0.25, 0.3) is 0 Å². The minimum atomic E-state index is 0.603. The topological polar surface area (TPSA) is 29.0 Å². The summed E-state index contributed by atoms with van der Waals surface area (Å²) in [5, 5.41) is 0. The van der Waals surface area contributed by atoms with E-state index in [0.29, 0.717) is 5.92 Å². The molecule has 0 aromatic carbocycles. The molecule has 3 heterocycles. The van der Waals surface area contributed by atoms with Gasteiger partial charge in [0.05, 0.1) is 0 Å². The lowest BCUT2D eigenvalue weighted by Crippen LogP contribution is -2.33.